The number of carbonyl (C=O) groups excluding carboxylic acids is 1. The van der Waals surface area contributed by atoms with Crippen LogP contribution in [0.2, 0.25) is 0 Å². The maximum absolute atomic E-state index is 11.4. The molecule has 1 unspecified atom stereocenters. The van der Waals surface area contributed by atoms with E-state index in [9.17, 15) is 4.79 Å². The molecule has 1 amide bonds. The lowest BCUT2D eigenvalue weighted by Gasteiger charge is -2.33. The van der Waals surface area contributed by atoms with Crippen LogP contribution in [0.15, 0.2) is 48.5 Å². The van der Waals surface area contributed by atoms with Crippen molar-refractivity contribution in [2.45, 2.75) is 26.3 Å². The van der Waals surface area contributed by atoms with Gasteiger partial charge >= 0.3 is 0 Å². The summed E-state index contributed by atoms with van der Waals surface area (Å²) in [5.74, 6) is 1.01. The summed E-state index contributed by atoms with van der Waals surface area (Å²) in [6.07, 6.45) is 2.06. The van der Waals surface area contributed by atoms with Crippen LogP contribution >= 0.6 is 11.3 Å². The highest BCUT2D eigenvalue weighted by Crippen LogP contribution is 2.31. The molecule has 0 aliphatic carbocycles. The molecule has 2 aromatic carbocycles. The summed E-state index contributed by atoms with van der Waals surface area (Å²) in [6.45, 7) is 4.88. The first-order valence-corrected chi connectivity index (χ1v) is 10.5. The number of para-hydroxylation sites is 1. The van der Waals surface area contributed by atoms with Crippen LogP contribution < -0.4 is 10.5 Å². The van der Waals surface area contributed by atoms with Crippen molar-refractivity contribution >= 4 is 27.5 Å². The predicted octanol–water partition coefficient (Wildman–Crippen LogP) is 4.42. The molecule has 6 heteroatoms. The van der Waals surface area contributed by atoms with Gasteiger partial charge in [-0.05, 0) is 61.7 Å². The maximum Gasteiger partial charge on any atom is 0.279 e. The van der Waals surface area contributed by atoms with E-state index in [1.165, 1.54) is 5.56 Å². The molecule has 1 aliphatic rings. The van der Waals surface area contributed by atoms with Crippen molar-refractivity contribution in [2.24, 2.45) is 17.6 Å². The van der Waals surface area contributed by atoms with E-state index in [-0.39, 0.29) is 11.8 Å². The number of nitrogens with two attached hydrogens (primary N) is 1. The number of ether oxygens (including phenoxy) is 1. The number of nitrogens with zero attached hydrogens (tertiary/aromatic N) is 2. The SMILES string of the molecule is CC(C(N)=O)C1CCN(Cc2ccc(Oc3nc4ccccc4s3)cc2)CC1. The van der Waals surface area contributed by atoms with Crippen LogP contribution in [0.3, 0.4) is 0 Å². The zero-order chi connectivity index (χ0) is 19.5. The molecule has 0 radical (unpaired) electrons. The standard InChI is InChI=1S/C22H25N3O2S/c1-15(21(23)26)17-10-12-25(13-11-17)14-16-6-8-18(9-7-16)27-22-24-19-4-2-3-5-20(19)28-22/h2-9,15,17H,10-14H2,1H3,(H2,23,26). The number of hydrogen-bond donors (Lipinski definition) is 1. The van der Waals surface area contributed by atoms with Crippen molar-refractivity contribution in [1.29, 1.82) is 0 Å². The normalized spacial score (nSPS) is 16.9. The highest BCUT2D eigenvalue weighted by molar-refractivity contribution is 7.20. The van der Waals surface area contributed by atoms with E-state index < -0.39 is 0 Å². The topological polar surface area (TPSA) is 68.5 Å². The van der Waals surface area contributed by atoms with Crippen molar-refractivity contribution in [3.63, 3.8) is 0 Å². The van der Waals surface area contributed by atoms with Gasteiger partial charge in [0.15, 0.2) is 0 Å². The summed E-state index contributed by atoms with van der Waals surface area (Å²) in [6, 6.07) is 16.3. The van der Waals surface area contributed by atoms with Crippen molar-refractivity contribution in [3.05, 3.63) is 54.1 Å². The molecule has 1 saturated heterocycles. The average Bonchev–Trinajstić information content (AvgIpc) is 3.12. The molecule has 2 heterocycles. The molecule has 1 atom stereocenters. The smallest absolute Gasteiger partial charge is 0.279 e. The molecule has 0 bridgehead atoms. The minimum absolute atomic E-state index is 0.0268. The number of likely N-dealkylation sites (tertiary alicyclic amines) is 1. The summed E-state index contributed by atoms with van der Waals surface area (Å²) in [7, 11) is 0. The van der Waals surface area contributed by atoms with Gasteiger partial charge in [0.2, 0.25) is 5.91 Å². The van der Waals surface area contributed by atoms with Gasteiger partial charge in [-0.2, -0.15) is 0 Å². The second-order valence-corrected chi connectivity index (χ2v) is 8.49. The number of amides is 1. The van der Waals surface area contributed by atoms with Crippen LogP contribution in [0.25, 0.3) is 10.2 Å². The first kappa shape index (κ1) is 18.9. The van der Waals surface area contributed by atoms with E-state index in [1.807, 2.05) is 37.3 Å². The molecule has 4 rings (SSSR count). The van der Waals surface area contributed by atoms with Crippen LogP contribution in [0, 0.1) is 11.8 Å². The third kappa shape index (κ3) is 4.34. The Morgan fingerprint density at radius 1 is 1.21 bits per heavy atom. The highest BCUT2D eigenvalue weighted by atomic mass is 32.1. The molecule has 1 aliphatic heterocycles. The number of carbonyl (C=O) groups is 1. The fourth-order valence-electron chi connectivity index (χ4n) is 3.76. The van der Waals surface area contributed by atoms with Crippen molar-refractivity contribution < 1.29 is 9.53 Å². The lowest BCUT2D eigenvalue weighted by Crippen LogP contribution is -2.38. The fraction of sp³-hybridized carbons (Fsp3) is 0.364. The van der Waals surface area contributed by atoms with Crippen LogP contribution in [-0.4, -0.2) is 28.9 Å². The van der Waals surface area contributed by atoms with Crippen LogP contribution in [-0.2, 0) is 11.3 Å². The molecule has 1 fully saturated rings. The molecule has 3 aromatic rings. The lowest BCUT2D eigenvalue weighted by molar-refractivity contribution is -0.123. The van der Waals surface area contributed by atoms with Gasteiger partial charge < -0.3 is 10.5 Å². The zero-order valence-electron chi connectivity index (χ0n) is 16.0. The molecule has 1 aromatic heterocycles. The first-order valence-electron chi connectivity index (χ1n) is 9.72. The van der Waals surface area contributed by atoms with Crippen molar-refractivity contribution in [3.8, 4) is 10.9 Å². The molecule has 2 N–H and O–H groups in total. The van der Waals surface area contributed by atoms with Gasteiger partial charge in [-0.25, -0.2) is 4.98 Å². The third-order valence-corrected chi connectivity index (χ3v) is 6.51. The third-order valence-electron chi connectivity index (χ3n) is 5.60. The summed E-state index contributed by atoms with van der Waals surface area (Å²) in [5, 5.41) is 0.666. The number of primary amides is 1. The van der Waals surface area contributed by atoms with Gasteiger partial charge in [0.1, 0.15) is 5.75 Å². The second kappa shape index (κ2) is 8.29. The van der Waals surface area contributed by atoms with Gasteiger partial charge in [0.05, 0.1) is 10.2 Å². The summed E-state index contributed by atoms with van der Waals surface area (Å²) in [5.41, 5.74) is 7.68. The Balaban J connectivity index is 1.32. The van der Waals surface area contributed by atoms with Crippen molar-refractivity contribution in [2.75, 3.05) is 13.1 Å². The Morgan fingerprint density at radius 2 is 1.93 bits per heavy atom. The molecule has 0 spiro atoms. The fourth-order valence-corrected chi connectivity index (χ4v) is 4.59. The largest absolute Gasteiger partial charge is 0.431 e. The van der Waals surface area contributed by atoms with E-state index in [0.717, 1.165) is 48.4 Å². The molecular formula is C22H25N3O2S. The van der Waals surface area contributed by atoms with E-state index in [1.54, 1.807) is 11.3 Å². The van der Waals surface area contributed by atoms with Gasteiger partial charge in [-0.3, -0.25) is 9.69 Å². The Labute approximate surface area is 169 Å². The molecular weight excluding hydrogens is 370 g/mol. The first-order chi connectivity index (χ1) is 13.6. The second-order valence-electron chi connectivity index (χ2n) is 7.50. The number of thiazole rings is 1. The van der Waals surface area contributed by atoms with Crippen LogP contribution in [0.4, 0.5) is 0 Å². The van der Waals surface area contributed by atoms with E-state index in [0.29, 0.717) is 11.1 Å². The minimum atomic E-state index is -0.179. The number of benzene rings is 2. The molecule has 5 nitrogen and oxygen atoms in total. The maximum atomic E-state index is 11.4. The van der Waals surface area contributed by atoms with E-state index in [4.69, 9.17) is 10.5 Å². The van der Waals surface area contributed by atoms with E-state index >= 15 is 0 Å². The van der Waals surface area contributed by atoms with E-state index in [2.05, 4.69) is 28.1 Å². The Morgan fingerprint density at radius 3 is 2.61 bits per heavy atom. The number of aromatic nitrogens is 1. The predicted molar refractivity (Wildman–Crippen MR) is 112 cm³/mol. The summed E-state index contributed by atoms with van der Waals surface area (Å²) in [4.78, 5) is 18.3. The zero-order valence-corrected chi connectivity index (χ0v) is 16.8. The summed E-state index contributed by atoms with van der Waals surface area (Å²) >= 11 is 1.55. The monoisotopic (exact) mass is 395 g/mol. The number of hydrogen-bond acceptors (Lipinski definition) is 5. The molecule has 0 saturated carbocycles. The van der Waals surface area contributed by atoms with Gasteiger partial charge in [-0.15, -0.1) is 0 Å². The number of rotatable bonds is 6. The Hall–Kier alpha value is -2.44. The molecule has 146 valence electrons. The lowest BCUT2D eigenvalue weighted by atomic mass is 9.85. The van der Waals surface area contributed by atoms with Crippen molar-refractivity contribution in [1.82, 2.24) is 9.88 Å². The number of piperidine rings is 1. The summed E-state index contributed by atoms with van der Waals surface area (Å²) < 4.78 is 7.05. The van der Waals surface area contributed by atoms with Gasteiger partial charge in [-0.1, -0.05) is 42.5 Å². The number of fused-ring (bicyclic) bond motifs is 1. The quantitative estimate of drug-likeness (QED) is 0.671. The Kier molecular flexibility index (Phi) is 5.59. The highest BCUT2D eigenvalue weighted by Gasteiger charge is 2.26. The van der Waals surface area contributed by atoms with Crippen LogP contribution in [0.5, 0.6) is 10.9 Å². The Bertz CT molecular complexity index is 913. The average molecular weight is 396 g/mol. The van der Waals surface area contributed by atoms with Crippen LogP contribution in [0.1, 0.15) is 25.3 Å². The minimum Gasteiger partial charge on any atom is -0.431 e. The van der Waals surface area contributed by atoms with Gasteiger partial charge in [0.25, 0.3) is 5.19 Å². The van der Waals surface area contributed by atoms with Gasteiger partial charge in [0, 0.05) is 12.5 Å². The molecule has 28 heavy (non-hydrogen) atoms.